The van der Waals surface area contributed by atoms with Crippen LogP contribution >= 0.6 is 23.8 Å². The molecule has 0 unspecified atom stereocenters. The Labute approximate surface area is 151 Å². The van der Waals surface area contributed by atoms with Gasteiger partial charge in [0, 0.05) is 23.4 Å². The van der Waals surface area contributed by atoms with Crippen LogP contribution in [0.25, 0.3) is 0 Å². The summed E-state index contributed by atoms with van der Waals surface area (Å²) in [4.78, 5) is 29.1. The molecule has 0 spiro atoms. The Morgan fingerprint density at radius 1 is 1.40 bits per heavy atom. The number of carbonyl (C=O) groups is 1. The molecule has 10 heteroatoms. The fraction of sp³-hybridized carbons (Fsp3) is 0.267. The number of alkyl halides is 2. The number of amides is 1. The Morgan fingerprint density at radius 3 is 2.72 bits per heavy atom. The van der Waals surface area contributed by atoms with Crippen molar-refractivity contribution in [1.29, 1.82) is 0 Å². The first-order valence-electron chi connectivity index (χ1n) is 7.12. The standard InChI is InChI=1S/C15H14ClF2N3O3S/c1-7-9(13(23)21-15(25)19-7)3-5-12(22)20-8-2-4-11(10(16)6-8)24-14(17)18/h2,4,6,14H,3,5H2,1H3,(H,20,22)(H2,19,21,23,25). The molecule has 1 aromatic carbocycles. The minimum atomic E-state index is -2.99. The van der Waals surface area contributed by atoms with Crippen molar-refractivity contribution in [2.75, 3.05) is 5.32 Å². The zero-order valence-electron chi connectivity index (χ0n) is 13.0. The number of aryl methyl sites for hydroxylation is 1. The van der Waals surface area contributed by atoms with Crippen LogP contribution in [0.1, 0.15) is 17.7 Å². The van der Waals surface area contributed by atoms with E-state index < -0.39 is 6.61 Å². The van der Waals surface area contributed by atoms with Crippen molar-refractivity contribution in [3.8, 4) is 5.75 Å². The van der Waals surface area contributed by atoms with Gasteiger partial charge in [-0.2, -0.15) is 8.78 Å². The summed E-state index contributed by atoms with van der Waals surface area (Å²) < 4.78 is 28.8. The molecule has 0 fully saturated rings. The van der Waals surface area contributed by atoms with E-state index in [1.165, 1.54) is 18.2 Å². The van der Waals surface area contributed by atoms with Crippen LogP contribution in [0.5, 0.6) is 5.75 Å². The molecule has 3 N–H and O–H groups in total. The van der Waals surface area contributed by atoms with Crippen molar-refractivity contribution >= 4 is 35.4 Å². The average molecular weight is 390 g/mol. The van der Waals surface area contributed by atoms with E-state index in [1.807, 2.05) is 0 Å². The number of rotatable bonds is 6. The minimum Gasteiger partial charge on any atom is -0.433 e. The van der Waals surface area contributed by atoms with Gasteiger partial charge in [-0.05, 0) is 43.8 Å². The zero-order chi connectivity index (χ0) is 18.6. The number of H-pyrrole nitrogens is 2. The first-order valence-corrected chi connectivity index (χ1v) is 7.91. The third kappa shape index (κ3) is 5.36. The normalized spacial score (nSPS) is 10.8. The molecule has 1 heterocycles. The Morgan fingerprint density at radius 2 is 2.12 bits per heavy atom. The lowest BCUT2D eigenvalue weighted by Gasteiger charge is -2.10. The van der Waals surface area contributed by atoms with E-state index in [9.17, 15) is 18.4 Å². The van der Waals surface area contributed by atoms with E-state index in [0.717, 1.165) is 0 Å². The Balaban J connectivity index is 2.00. The van der Waals surface area contributed by atoms with E-state index >= 15 is 0 Å². The van der Waals surface area contributed by atoms with Crippen LogP contribution in [-0.2, 0) is 11.2 Å². The van der Waals surface area contributed by atoms with E-state index in [1.54, 1.807) is 6.92 Å². The third-order valence-electron chi connectivity index (χ3n) is 3.29. The second kappa shape index (κ2) is 8.21. The van der Waals surface area contributed by atoms with Crippen LogP contribution in [0.2, 0.25) is 5.02 Å². The molecule has 0 atom stereocenters. The average Bonchev–Trinajstić information content (AvgIpc) is 2.48. The van der Waals surface area contributed by atoms with Gasteiger partial charge in [-0.3, -0.25) is 14.6 Å². The van der Waals surface area contributed by atoms with Crippen LogP contribution in [0.15, 0.2) is 23.0 Å². The molecule has 134 valence electrons. The number of aromatic nitrogens is 2. The molecule has 0 aliphatic rings. The molecular weight excluding hydrogens is 376 g/mol. The maximum atomic E-state index is 12.2. The number of hydrogen-bond donors (Lipinski definition) is 3. The van der Waals surface area contributed by atoms with Gasteiger partial charge in [-0.25, -0.2) is 0 Å². The van der Waals surface area contributed by atoms with Gasteiger partial charge in [-0.1, -0.05) is 11.6 Å². The van der Waals surface area contributed by atoms with Crippen LogP contribution in [0.4, 0.5) is 14.5 Å². The summed E-state index contributed by atoms with van der Waals surface area (Å²) in [6.07, 6.45) is 0.251. The van der Waals surface area contributed by atoms with Crippen molar-refractivity contribution in [2.24, 2.45) is 0 Å². The number of halogens is 3. The molecule has 0 aliphatic carbocycles. The minimum absolute atomic E-state index is 0.0431. The lowest BCUT2D eigenvalue weighted by Crippen LogP contribution is -2.19. The summed E-state index contributed by atoms with van der Waals surface area (Å²) >= 11 is 10.7. The second-order valence-corrected chi connectivity index (χ2v) is 5.90. The maximum Gasteiger partial charge on any atom is 0.387 e. The third-order valence-corrected chi connectivity index (χ3v) is 3.79. The first kappa shape index (κ1) is 19.1. The van der Waals surface area contributed by atoms with E-state index in [4.69, 9.17) is 23.8 Å². The summed E-state index contributed by atoms with van der Waals surface area (Å²) in [5.74, 6) is -0.545. The van der Waals surface area contributed by atoms with Gasteiger partial charge >= 0.3 is 6.61 Å². The summed E-state index contributed by atoms with van der Waals surface area (Å²) in [6.45, 7) is -1.29. The summed E-state index contributed by atoms with van der Waals surface area (Å²) in [7, 11) is 0. The zero-order valence-corrected chi connectivity index (χ0v) is 14.6. The maximum absolute atomic E-state index is 12.2. The lowest BCUT2D eigenvalue weighted by atomic mass is 10.1. The molecular formula is C15H14ClF2N3O3S. The number of anilines is 1. The van der Waals surface area contributed by atoms with Gasteiger partial charge in [0.15, 0.2) is 4.77 Å². The Bertz CT molecular complexity index is 898. The topological polar surface area (TPSA) is 87.0 Å². The van der Waals surface area contributed by atoms with Gasteiger partial charge in [0.05, 0.1) is 5.02 Å². The van der Waals surface area contributed by atoms with E-state index in [0.29, 0.717) is 16.9 Å². The number of carbonyl (C=O) groups excluding carboxylic acids is 1. The largest absolute Gasteiger partial charge is 0.433 e. The fourth-order valence-electron chi connectivity index (χ4n) is 2.16. The molecule has 2 aromatic rings. The second-order valence-electron chi connectivity index (χ2n) is 5.08. The van der Waals surface area contributed by atoms with Crippen LogP contribution < -0.4 is 15.6 Å². The van der Waals surface area contributed by atoms with Gasteiger partial charge in [-0.15, -0.1) is 0 Å². The number of aromatic amines is 2. The molecule has 0 saturated heterocycles. The summed E-state index contributed by atoms with van der Waals surface area (Å²) in [6, 6.07) is 3.92. The van der Waals surface area contributed by atoms with Crippen molar-refractivity contribution in [3.05, 3.63) is 49.6 Å². The highest BCUT2D eigenvalue weighted by Crippen LogP contribution is 2.29. The fourth-order valence-corrected chi connectivity index (χ4v) is 2.63. The number of benzene rings is 1. The van der Waals surface area contributed by atoms with Gasteiger partial charge in [0.25, 0.3) is 5.56 Å². The van der Waals surface area contributed by atoms with Crippen molar-refractivity contribution in [1.82, 2.24) is 9.97 Å². The number of nitrogens with one attached hydrogen (secondary N) is 3. The highest BCUT2D eigenvalue weighted by Gasteiger charge is 2.12. The van der Waals surface area contributed by atoms with Crippen molar-refractivity contribution in [2.45, 2.75) is 26.4 Å². The van der Waals surface area contributed by atoms with Crippen LogP contribution in [0.3, 0.4) is 0 Å². The number of hydrogen-bond acceptors (Lipinski definition) is 4. The predicted molar refractivity (Wildman–Crippen MR) is 92.0 cm³/mol. The number of ether oxygens (including phenoxy) is 1. The molecule has 2 rings (SSSR count). The molecule has 25 heavy (non-hydrogen) atoms. The molecule has 1 aromatic heterocycles. The molecule has 0 saturated carbocycles. The molecule has 0 aliphatic heterocycles. The van der Waals surface area contributed by atoms with Crippen molar-refractivity contribution < 1.29 is 18.3 Å². The highest BCUT2D eigenvalue weighted by atomic mass is 35.5. The van der Waals surface area contributed by atoms with Crippen LogP contribution in [-0.4, -0.2) is 22.5 Å². The monoisotopic (exact) mass is 389 g/mol. The lowest BCUT2D eigenvalue weighted by molar-refractivity contribution is -0.116. The van der Waals surface area contributed by atoms with Crippen LogP contribution in [0, 0.1) is 11.7 Å². The van der Waals surface area contributed by atoms with Gasteiger partial charge in [0.1, 0.15) is 5.75 Å². The van der Waals surface area contributed by atoms with Gasteiger partial charge < -0.3 is 15.0 Å². The predicted octanol–water partition coefficient (Wildman–Crippen LogP) is 3.57. The highest BCUT2D eigenvalue weighted by molar-refractivity contribution is 7.71. The summed E-state index contributed by atoms with van der Waals surface area (Å²) in [5.41, 5.74) is 1.01. The van der Waals surface area contributed by atoms with E-state index in [2.05, 4.69) is 20.0 Å². The molecule has 0 bridgehead atoms. The van der Waals surface area contributed by atoms with Crippen molar-refractivity contribution in [3.63, 3.8) is 0 Å². The first-order chi connectivity index (χ1) is 11.8. The Hall–Kier alpha value is -2.26. The molecule has 6 nitrogen and oxygen atoms in total. The van der Waals surface area contributed by atoms with Gasteiger partial charge in [0.2, 0.25) is 5.91 Å². The molecule has 0 radical (unpaired) electrons. The smallest absolute Gasteiger partial charge is 0.387 e. The van der Waals surface area contributed by atoms with E-state index in [-0.39, 0.29) is 39.9 Å². The Kier molecular flexibility index (Phi) is 6.27. The molecule has 1 amide bonds. The SMILES string of the molecule is Cc1[nH]c(=S)[nH]c(=O)c1CCC(=O)Nc1ccc(OC(F)F)c(Cl)c1. The quantitative estimate of drug-likeness (QED) is 0.659. The summed E-state index contributed by atoms with van der Waals surface area (Å²) in [5, 5.41) is 2.52.